The van der Waals surface area contributed by atoms with Crippen LogP contribution in [0.25, 0.3) is 6.08 Å². The standard InChI is InChI=1S/C29H21Cl2FN2O2S/c30-24-13-7-14-25(31)23(24)17-27(34-28(35)19-8-2-1-3-9-19)29(36)33-21-11-6-12-22(16-21)37-18-20-10-4-5-15-26(20)32/h1-17H,18H2,(H,33,36)(H,34,35)/b27-17+. The summed E-state index contributed by atoms with van der Waals surface area (Å²) in [6.07, 6.45) is 1.44. The molecule has 0 aliphatic rings. The number of benzene rings is 4. The van der Waals surface area contributed by atoms with Crippen LogP contribution in [0, 0.1) is 5.82 Å². The number of nitrogens with one attached hydrogen (secondary N) is 2. The molecule has 186 valence electrons. The van der Waals surface area contributed by atoms with E-state index in [0.29, 0.717) is 38.2 Å². The third kappa shape index (κ3) is 7.23. The van der Waals surface area contributed by atoms with Gasteiger partial charge in [-0.15, -0.1) is 11.8 Å². The highest BCUT2D eigenvalue weighted by atomic mass is 35.5. The van der Waals surface area contributed by atoms with Gasteiger partial charge in [0.2, 0.25) is 0 Å². The van der Waals surface area contributed by atoms with Crippen molar-refractivity contribution < 1.29 is 14.0 Å². The van der Waals surface area contributed by atoms with Crippen molar-refractivity contribution in [2.45, 2.75) is 10.6 Å². The van der Waals surface area contributed by atoms with Gasteiger partial charge in [0.15, 0.2) is 0 Å². The van der Waals surface area contributed by atoms with Crippen molar-refractivity contribution in [2.24, 2.45) is 0 Å². The number of carbonyl (C=O) groups is 2. The Bertz CT molecular complexity index is 1440. The summed E-state index contributed by atoms with van der Waals surface area (Å²) >= 11 is 14.1. The zero-order valence-corrected chi connectivity index (χ0v) is 21.7. The Labute approximate surface area is 228 Å². The second-order valence-electron chi connectivity index (χ2n) is 7.88. The number of rotatable bonds is 8. The number of anilines is 1. The maximum Gasteiger partial charge on any atom is 0.272 e. The van der Waals surface area contributed by atoms with Crippen LogP contribution in [0.2, 0.25) is 10.0 Å². The van der Waals surface area contributed by atoms with Gasteiger partial charge >= 0.3 is 0 Å². The number of amides is 2. The van der Waals surface area contributed by atoms with Crippen molar-refractivity contribution in [1.82, 2.24) is 5.32 Å². The lowest BCUT2D eigenvalue weighted by molar-refractivity contribution is -0.113. The second kappa shape index (κ2) is 12.6. The predicted octanol–water partition coefficient (Wildman–Crippen LogP) is 7.83. The van der Waals surface area contributed by atoms with E-state index in [0.717, 1.165) is 4.90 Å². The minimum absolute atomic E-state index is 0.0340. The third-order valence-corrected chi connectivity index (χ3v) is 6.96. The number of carbonyl (C=O) groups excluding carboxylic acids is 2. The van der Waals surface area contributed by atoms with Gasteiger partial charge in [-0.2, -0.15) is 0 Å². The van der Waals surface area contributed by atoms with Gasteiger partial charge in [-0.05, 0) is 60.2 Å². The topological polar surface area (TPSA) is 58.2 Å². The molecule has 0 aliphatic carbocycles. The van der Waals surface area contributed by atoms with E-state index in [9.17, 15) is 14.0 Å². The second-order valence-corrected chi connectivity index (χ2v) is 9.74. The molecule has 0 spiro atoms. The monoisotopic (exact) mass is 550 g/mol. The first-order valence-electron chi connectivity index (χ1n) is 11.2. The fourth-order valence-electron chi connectivity index (χ4n) is 3.37. The molecule has 0 atom stereocenters. The molecule has 0 fully saturated rings. The Morgan fingerprint density at radius 2 is 1.51 bits per heavy atom. The summed E-state index contributed by atoms with van der Waals surface area (Å²) in [5, 5.41) is 6.15. The van der Waals surface area contributed by atoms with Gasteiger partial charge in [0.05, 0.1) is 0 Å². The molecule has 4 nitrogen and oxygen atoms in total. The summed E-state index contributed by atoms with van der Waals surface area (Å²) in [4.78, 5) is 27.0. The quantitative estimate of drug-likeness (QED) is 0.173. The van der Waals surface area contributed by atoms with E-state index in [4.69, 9.17) is 23.2 Å². The van der Waals surface area contributed by atoms with Gasteiger partial charge in [-0.25, -0.2) is 4.39 Å². The summed E-state index contributed by atoms with van der Waals surface area (Å²) in [6.45, 7) is 0. The van der Waals surface area contributed by atoms with Crippen molar-refractivity contribution in [2.75, 3.05) is 5.32 Å². The van der Waals surface area contributed by atoms with Crippen molar-refractivity contribution in [3.8, 4) is 0 Å². The summed E-state index contributed by atoms with van der Waals surface area (Å²) < 4.78 is 14.0. The molecule has 0 saturated carbocycles. The van der Waals surface area contributed by atoms with Gasteiger partial charge in [-0.3, -0.25) is 9.59 Å². The Hall–Kier alpha value is -3.58. The highest BCUT2D eigenvalue weighted by molar-refractivity contribution is 7.98. The van der Waals surface area contributed by atoms with E-state index in [1.165, 1.54) is 23.9 Å². The number of thioether (sulfide) groups is 1. The van der Waals surface area contributed by atoms with Crippen LogP contribution in [0.4, 0.5) is 10.1 Å². The van der Waals surface area contributed by atoms with Crippen molar-refractivity contribution in [3.05, 3.63) is 135 Å². The largest absolute Gasteiger partial charge is 0.321 e. The first-order chi connectivity index (χ1) is 17.9. The fraction of sp³-hybridized carbons (Fsp3) is 0.0345. The molecule has 2 N–H and O–H groups in total. The maximum absolute atomic E-state index is 14.0. The lowest BCUT2D eigenvalue weighted by Crippen LogP contribution is -2.30. The van der Waals surface area contributed by atoms with Crippen LogP contribution < -0.4 is 10.6 Å². The number of hydrogen-bond donors (Lipinski definition) is 2. The van der Waals surface area contributed by atoms with Crippen LogP contribution in [-0.2, 0) is 10.5 Å². The summed E-state index contributed by atoms with van der Waals surface area (Å²) in [5.41, 5.74) is 1.85. The van der Waals surface area contributed by atoms with Crippen molar-refractivity contribution in [1.29, 1.82) is 0 Å². The zero-order valence-electron chi connectivity index (χ0n) is 19.4. The minimum Gasteiger partial charge on any atom is -0.321 e. The molecule has 0 bridgehead atoms. The molecule has 8 heteroatoms. The van der Waals surface area contributed by atoms with E-state index in [1.807, 2.05) is 6.07 Å². The highest BCUT2D eigenvalue weighted by Crippen LogP contribution is 2.28. The highest BCUT2D eigenvalue weighted by Gasteiger charge is 2.17. The lowest BCUT2D eigenvalue weighted by atomic mass is 10.1. The van der Waals surface area contributed by atoms with Crippen molar-refractivity contribution in [3.63, 3.8) is 0 Å². The van der Waals surface area contributed by atoms with Gasteiger partial charge in [0.1, 0.15) is 11.5 Å². The zero-order chi connectivity index (χ0) is 26.2. The van der Waals surface area contributed by atoms with Gasteiger partial charge < -0.3 is 10.6 Å². The predicted molar refractivity (Wildman–Crippen MR) is 149 cm³/mol. The molecule has 4 aromatic rings. The molecule has 2 amide bonds. The molecule has 37 heavy (non-hydrogen) atoms. The molecule has 0 radical (unpaired) electrons. The molecule has 4 aromatic carbocycles. The van der Waals surface area contributed by atoms with Crippen LogP contribution in [0.15, 0.2) is 108 Å². The number of hydrogen-bond acceptors (Lipinski definition) is 3. The normalized spacial score (nSPS) is 11.2. The van der Waals surface area contributed by atoms with Gasteiger partial charge in [0, 0.05) is 37.5 Å². The number of halogens is 3. The maximum atomic E-state index is 14.0. The average molecular weight is 551 g/mol. The Balaban J connectivity index is 1.56. The summed E-state index contributed by atoms with van der Waals surface area (Å²) in [5.74, 6) is -0.842. The molecule has 0 saturated heterocycles. The van der Waals surface area contributed by atoms with E-state index < -0.39 is 11.8 Å². The first kappa shape index (κ1) is 26.5. The van der Waals surface area contributed by atoms with E-state index in [1.54, 1.807) is 84.9 Å². The molecule has 0 heterocycles. The van der Waals surface area contributed by atoms with Crippen LogP contribution in [0.5, 0.6) is 0 Å². The summed E-state index contributed by atoms with van der Waals surface area (Å²) in [6, 6.07) is 27.3. The molecule has 0 unspecified atom stereocenters. The molecule has 4 rings (SSSR count). The Morgan fingerprint density at radius 3 is 2.24 bits per heavy atom. The Morgan fingerprint density at radius 1 is 0.838 bits per heavy atom. The van der Waals surface area contributed by atoms with Crippen LogP contribution in [-0.4, -0.2) is 11.8 Å². The minimum atomic E-state index is -0.559. The fourth-order valence-corrected chi connectivity index (χ4v) is 4.82. The van der Waals surface area contributed by atoms with Crippen LogP contribution >= 0.6 is 35.0 Å². The van der Waals surface area contributed by atoms with Gasteiger partial charge in [-0.1, -0.05) is 71.7 Å². The van der Waals surface area contributed by atoms with E-state index >= 15 is 0 Å². The SMILES string of the molecule is O=C(Nc1cccc(SCc2ccccc2F)c1)/C(=C\c1c(Cl)cccc1Cl)NC(=O)c1ccccc1. The smallest absolute Gasteiger partial charge is 0.272 e. The first-order valence-corrected chi connectivity index (χ1v) is 12.9. The van der Waals surface area contributed by atoms with Crippen LogP contribution in [0.1, 0.15) is 21.5 Å². The van der Waals surface area contributed by atoms with E-state index in [2.05, 4.69) is 10.6 Å². The lowest BCUT2D eigenvalue weighted by Gasteiger charge is -2.13. The molecular formula is C29H21Cl2FN2O2S. The van der Waals surface area contributed by atoms with E-state index in [-0.39, 0.29) is 11.5 Å². The average Bonchev–Trinajstić information content (AvgIpc) is 2.90. The van der Waals surface area contributed by atoms with Gasteiger partial charge in [0.25, 0.3) is 11.8 Å². The molecule has 0 aliphatic heterocycles. The molecule has 0 aromatic heterocycles. The molecular weight excluding hydrogens is 530 g/mol. The van der Waals surface area contributed by atoms with Crippen molar-refractivity contribution >= 4 is 58.5 Å². The summed E-state index contributed by atoms with van der Waals surface area (Å²) in [7, 11) is 0. The third-order valence-electron chi connectivity index (χ3n) is 5.26. The Kier molecular flexibility index (Phi) is 9.01. The van der Waals surface area contributed by atoms with Crippen LogP contribution in [0.3, 0.4) is 0 Å².